The fraction of sp³-hybridized carbons (Fsp3) is 0.273. The summed E-state index contributed by atoms with van der Waals surface area (Å²) < 4.78 is 16.2. The average Bonchev–Trinajstić information content (AvgIpc) is 2.70. The predicted molar refractivity (Wildman–Crippen MR) is 105 cm³/mol. The summed E-state index contributed by atoms with van der Waals surface area (Å²) in [4.78, 5) is 0. The van der Waals surface area contributed by atoms with E-state index in [-0.39, 0.29) is 11.5 Å². The Kier molecular flexibility index (Phi) is 9.22. The summed E-state index contributed by atoms with van der Waals surface area (Å²) in [5.41, 5.74) is 0. The van der Waals surface area contributed by atoms with Gasteiger partial charge in [0.2, 0.25) is 0 Å². The molecule has 0 fully saturated rings. The molecule has 0 amide bonds. The second kappa shape index (κ2) is 12.3. The van der Waals surface area contributed by atoms with E-state index in [1.807, 2.05) is 60.7 Å². The van der Waals surface area contributed by atoms with Gasteiger partial charge < -0.3 is 24.4 Å². The fourth-order valence-corrected chi connectivity index (χ4v) is 2.23. The van der Waals surface area contributed by atoms with E-state index in [2.05, 4.69) is 0 Å². The van der Waals surface area contributed by atoms with E-state index in [9.17, 15) is 10.2 Å². The van der Waals surface area contributed by atoms with E-state index in [1.165, 1.54) is 12.5 Å². The van der Waals surface area contributed by atoms with Crippen molar-refractivity contribution in [2.45, 2.75) is 25.7 Å². The highest BCUT2D eigenvalue weighted by atomic mass is 16.5. The second-order valence-electron chi connectivity index (χ2n) is 5.88. The first kappa shape index (κ1) is 20.2. The lowest BCUT2D eigenvalue weighted by Gasteiger charge is -2.06. The molecule has 0 saturated heterocycles. The Labute approximate surface area is 160 Å². The Morgan fingerprint density at radius 3 is 1.48 bits per heavy atom. The summed E-state index contributed by atoms with van der Waals surface area (Å²) in [5, 5.41) is 19.5. The minimum atomic E-state index is 0.100. The van der Waals surface area contributed by atoms with E-state index in [0.29, 0.717) is 38.9 Å². The first-order chi connectivity index (χ1) is 13.2. The van der Waals surface area contributed by atoms with Crippen molar-refractivity contribution in [2.75, 3.05) is 13.2 Å². The second-order valence-corrected chi connectivity index (χ2v) is 5.88. The van der Waals surface area contributed by atoms with Crippen LogP contribution in [0.15, 0.2) is 84.7 Å². The number of allylic oxidation sites excluding steroid dienone is 2. The SMILES string of the molecule is OC(=COC=C(O)CCCOc1ccccc1)CCCOc1ccccc1. The van der Waals surface area contributed by atoms with Crippen molar-refractivity contribution in [3.05, 3.63) is 84.7 Å². The molecule has 0 radical (unpaired) electrons. The van der Waals surface area contributed by atoms with Crippen LogP contribution in [-0.4, -0.2) is 23.4 Å². The van der Waals surface area contributed by atoms with Gasteiger partial charge in [-0.15, -0.1) is 0 Å². The van der Waals surface area contributed by atoms with Gasteiger partial charge in [0.25, 0.3) is 0 Å². The Morgan fingerprint density at radius 2 is 1.07 bits per heavy atom. The molecular weight excluding hydrogens is 344 g/mol. The molecule has 0 aliphatic rings. The molecule has 0 unspecified atom stereocenters. The Bertz CT molecular complexity index is 634. The van der Waals surface area contributed by atoms with E-state index >= 15 is 0 Å². The molecule has 2 rings (SSSR count). The van der Waals surface area contributed by atoms with Crippen molar-refractivity contribution in [1.29, 1.82) is 0 Å². The van der Waals surface area contributed by atoms with Gasteiger partial charge in [-0.05, 0) is 37.1 Å². The van der Waals surface area contributed by atoms with Crippen LogP contribution < -0.4 is 9.47 Å². The molecule has 2 aromatic carbocycles. The van der Waals surface area contributed by atoms with Gasteiger partial charge in [0.1, 0.15) is 35.5 Å². The first-order valence-electron chi connectivity index (χ1n) is 9.01. The average molecular weight is 370 g/mol. The van der Waals surface area contributed by atoms with Crippen LogP contribution in [0.3, 0.4) is 0 Å². The van der Waals surface area contributed by atoms with E-state index in [0.717, 1.165) is 11.5 Å². The predicted octanol–water partition coefficient (Wildman–Crippen LogP) is 5.52. The topological polar surface area (TPSA) is 68.2 Å². The summed E-state index contributed by atoms with van der Waals surface area (Å²) in [6.45, 7) is 1.01. The van der Waals surface area contributed by atoms with Crippen LogP contribution in [0.2, 0.25) is 0 Å². The van der Waals surface area contributed by atoms with Crippen molar-refractivity contribution < 1.29 is 24.4 Å². The van der Waals surface area contributed by atoms with Gasteiger partial charge in [0.05, 0.1) is 13.2 Å². The van der Waals surface area contributed by atoms with Crippen molar-refractivity contribution in [3.8, 4) is 11.5 Å². The third kappa shape index (κ3) is 9.26. The molecule has 0 heterocycles. The number of hydrogen-bond donors (Lipinski definition) is 2. The molecule has 0 aromatic heterocycles. The van der Waals surface area contributed by atoms with Crippen LogP contribution >= 0.6 is 0 Å². The maximum absolute atomic E-state index is 9.75. The molecule has 5 nitrogen and oxygen atoms in total. The van der Waals surface area contributed by atoms with Crippen LogP contribution in [0.25, 0.3) is 0 Å². The lowest BCUT2D eigenvalue weighted by atomic mass is 10.3. The van der Waals surface area contributed by atoms with E-state index in [4.69, 9.17) is 14.2 Å². The number of rotatable bonds is 12. The molecule has 2 aromatic rings. The third-order valence-electron chi connectivity index (χ3n) is 3.59. The van der Waals surface area contributed by atoms with Gasteiger partial charge in [-0.25, -0.2) is 0 Å². The summed E-state index contributed by atoms with van der Waals surface area (Å²) in [6, 6.07) is 19.0. The lowest BCUT2D eigenvalue weighted by molar-refractivity contribution is 0.268. The van der Waals surface area contributed by atoms with Crippen LogP contribution in [0.4, 0.5) is 0 Å². The Hall–Kier alpha value is -3.08. The van der Waals surface area contributed by atoms with Gasteiger partial charge >= 0.3 is 0 Å². The Balaban J connectivity index is 1.54. The smallest absolute Gasteiger partial charge is 0.128 e. The number of hydrogen-bond acceptors (Lipinski definition) is 5. The largest absolute Gasteiger partial charge is 0.509 e. The number of para-hydroxylation sites is 2. The minimum absolute atomic E-state index is 0.100. The highest BCUT2D eigenvalue weighted by molar-refractivity contribution is 5.21. The molecule has 27 heavy (non-hydrogen) atoms. The molecule has 5 heteroatoms. The molecule has 144 valence electrons. The highest BCUT2D eigenvalue weighted by Crippen LogP contribution is 2.11. The van der Waals surface area contributed by atoms with Crippen LogP contribution in [0.5, 0.6) is 11.5 Å². The normalized spacial score (nSPS) is 11.9. The molecule has 0 bridgehead atoms. The summed E-state index contributed by atoms with van der Waals surface area (Å²) in [6.07, 6.45) is 4.64. The minimum Gasteiger partial charge on any atom is -0.509 e. The molecule has 0 saturated carbocycles. The molecule has 0 spiro atoms. The number of ether oxygens (including phenoxy) is 3. The van der Waals surface area contributed by atoms with Crippen molar-refractivity contribution in [1.82, 2.24) is 0 Å². The number of benzene rings is 2. The summed E-state index contributed by atoms with van der Waals surface area (Å²) in [7, 11) is 0. The Morgan fingerprint density at radius 1 is 0.667 bits per heavy atom. The van der Waals surface area contributed by atoms with Crippen LogP contribution in [-0.2, 0) is 4.74 Å². The quantitative estimate of drug-likeness (QED) is 0.380. The number of aliphatic hydroxyl groups excluding tert-OH is 2. The van der Waals surface area contributed by atoms with Crippen LogP contribution in [0.1, 0.15) is 25.7 Å². The zero-order valence-corrected chi connectivity index (χ0v) is 15.3. The van der Waals surface area contributed by atoms with E-state index < -0.39 is 0 Å². The standard InChI is InChI=1S/C22H26O5/c23-19(9-7-15-26-21-11-3-1-4-12-21)17-25-18-20(24)10-8-16-27-22-13-5-2-6-14-22/h1-6,11-14,17-18,23-24H,7-10,15-16H2. The molecule has 0 aliphatic carbocycles. The summed E-state index contributed by atoms with van der Waals surface area (Å²) in [5.74, 6) is 1.81. The molecule has 0 atom stereocenters. The zero-order chi connectivity index (χ0) is 19.2. The van der Waals surface area contributed by atoms with E-state index in [1.54, 1.807) is 0 Å². The zero-order valence-electron chi connectivity index (χ0n) is 15.3. The van der Waals surface area contributed by atoms with Gasteiger partial charge in [-0.3, -0.25) is 0 Å². The third-order valence-corrected chi connectivity index (χ3v) is 3.59. The highest BCUT2D eigenvalue weighted by Gasteiger charge is 1.98. The molecule has 0 aliphatic heterocycles. The summed E-state index contributed by atoms with van der Waals surface area (Å²) >= 11 is 0. The van der Waals surface area contributed by atoms with Crippen molar-refractivity contribution >= 4 is 0 Å². The molecule has 2 N–H and O–H groups in total. The van der Waals surface area contributed by atoms with Gasteiger partial charge in [0, 0.05) is 12.8 Å². The van der Waals surface area contributed by atoms with Crippen LogP contribution in [0, 0.1) is 0 Å². The number of aliphatic hydroxyl groups is 2. The van der Waals surface area contributed by atoms with Crippen molar-refractivity contribution in [2.24, 2.45) is 0 Å². The first-order valence-corrected chi connectivity index (χ1v) is 9.01. The monoisotopic (exact) mass is 370 g/mol. The van der Waals surface area contributed by atoms with Gasteiger partial charge in [-0.2, -0.15) is 0 Å². The maximum Gasteiger partial charge on any atom is 0.128 e. The van der Waals surface area contributed by atoms with Crippen molar-refractivity contribution in [3.63, 3.8) is 0 Å². The van der Waals surface area contributed by atoms with Gasteiger partial charge in [-0.1, -0.05) is 36.4 Å². The lowest BCUT2D eigenvalue weighted by Crippen LogP contribution is -1.98. The maximum atomic E-state index is 9.75. The molecular formula is C22H26O5. The fourth-order valence-electron chi connectivity index (χ4n) is 2.23. The van der Waals surface area contributed by atoms with Gasteiger partial charge in [0.15, 0.2) is 0 Å².